The number of rotatable bonds is 3. The van der Waals surface area contributed by atoms with E-state index in [2.05, 4.69) is 66.3 Å². The van der Waals surface area contributed by atoms with Crippen LogP contribution in [0, 0.1) is 28.6 Å². The van der Waals surface area contributed by atoms with Crippen LogP contribution in [0.25, 0.3) is 6.08 Å². The molecule has 0 aromatic heterocycles. The minimum absolute atomic E-state index is 0.0519. The Morgan fingerprint density at radius 3 is 2.03 bits per heavy atom. The van der Waals surface area contributed by atoms with Gasteiger partial charge < -0.3 is 0 Å². The Hall–Kier alpha value is -0.639. The van der Waals surface area contributed by atoms with Crippen molar-refractivity contribution in [3.63, 3.8) is 0 Å². The number of carbonyl (C=O) groups excluding carboxylic acids is 1. The molecule has 1 aromatic rings. The third-order valence-corrected chi connectivity index (χ3v) is 36.0. The predicted molar refractivity (Wildman–Crippen MR) is 142 cm³/mol. The van der Waals surface area contributed by atoms with E-state index in [1.165, 1.54) is 62.5 Å². The quantitative estimate of drug-likeness (QED) is 0.417. The fraction of sp³-hybridized carbons (Fsp3) is 0.700. The maximum absolute atomic E-state index is 14.4. The van der Waals surface area contributed by atoms with Gasteiger partial charge in [-0.25, -0.2) is 0 Å². The Balaban J connectivity index is 1.40. The van der Waals surface area contributed by atoms with Crippen LogP contribution in [0.1, 0.15) is 85.8 Å². The van der Waals surface area contributed by atoms with Gasteiger partial charge in [0.05, 0.1) is 0 Å². The van der Waals surface area contributed by atoms with Crippen molar-refractivity contribution < 1.29 is 19.1 Å². The average Bonchev–Trinajstić information content (AvgIpc) is 3.17. The third-order valence-electron chi connectivity index (χ3n) is 11.3. The first-order chi connectivity index (χ1) is 15.8. The molecule has 184 valence electrons. The first kappa shape index (κ1) is 23.7. The molecule has 1 aromatic carbocycles. The molecule has 7 rings (SSSR count). The van der Waals surface area contributed by atoms with E-state index >= 15 is 0 Å². The number of hydrogen-bond acceptors (Lipinski definition) is 1. The Morgan fingerprint density at radius 1 is 0.971 bits per heavy atom. The SMILES string of the molecule is CC1=Cc2cc3c(cc2[CH]1[Ti]([CH3])([CH3])([NH]C(=O)C12CC4CC(CC(C4)C1)C2)=[Si](C)C)CC(C)(C)C3. The monoisotopic (exact) mass is 511 g/mol. The summed E-state index contributed by atoms with van der Waals surface area (Å²) in [6.07, 6.45) is 11.8. The average molecular weight is 512 g/mol. The second-order valence-corrected chi connectivity index (χ2v) is 37.3. The van der Waals surface area contributed by atoms with Crippen molar-refractivity contribution >= 4 is 18.2 Å². The van der Waals surface area contributed by atoms with E-state index in [0.29, 0.717) is 15.5 Å². The number of allylic oxidation sites excluding steroid dienone is 1. The zero-order valence-corrected chi connectivity index (χ0v) is 25.2. The molecule has 4 fully saturated rings. The van der Waals surface area contributed by atoms with E-state index in [4.69, 9.17) is 0 Å². The molecule has 4 saturated carbocycles. The number of amides is 1. The normalized spacial score (nSPS) is 35.1. The number of nitrogens with one attached hydrogen (secondary N) is 1. The molecular weight excluding hydrogens is 466 g/mol. The summed E-state index contributed by atoms with van der Waals surface area (Å²) in [5.74, 6) is 2.92. The number of fused-ring (bicyclic) bond motifs is 2. The zero-order chi connectivity index (χ0) is 24.3. The predicted octanol–water partition coefficient (Wildman–Crippen LogP) is 7.55. The molecule has 4 bridgehead atoms. The molecule has 0 aliphatic heterocycles. The second-order valence-electron chi connectivity index (χ2n) is 15.2. The first-order valence-electron chi connectivity index (χ1n) is 14.0. The van der Waals surface area contributed by atoms with Crippen LogP contribution >= 0.6 is 0 Å². The Morgan fingerprint density at radius 2 is 1.50 bits per heavy atom. The summed E-state index contributed by atoms with van der Waals surface area (Å²) in [7, 11) is 0. The molecule has 4 heteroatoms. The van der Waals surface area contributed by atoms with Gasteiger partial charge in [-0.05, 0) is 0 Å². The number of benzene rings is 1. The van der Waals surface area contributed by atoms with E-state index in [1.54, 1.807) is 16.7 Å². The van der Waals surface area contributed by atoms with Crippen molar-refractivity contribution in [3.05, 3.63) is 40.0 Å². The van der Waals surface area contributed by atoms with Gasteiger partial charge >= 0.3 is 210 Å². The van der Waals surface area contributed by atoms with E-state index in [1.807, 2.05) is 0 Å². The molecular formula is C30H45NOSiTi. The van der Waals surface area contributed by atoms with Gasteiger partial charge in [0.2, 0.25) is 0 Å². The first-order valence-corrected chi connectivity index (χ1v) is 23.6. The Bertz CT molecular complexity index is 1170. The van der Waals surface area contributed by atoms with Gasteiger partial charge in [0.15, 0.2) is 0 Å². The van der Waals surface area contributed by atoms with Crippen molar-refractivity contribution in [1.82, 2.24) is 3.80 Å². The molecule has 0 spiro atoms. The van der Waals surface area contributed by atoms with Gasteiger partial charge in [0.25, 0.3) is 0 Å². The summed E-state index contributed by atoms with van der Waals surface area (Å²) >= 11 is -3.46. The fourth-order valence-electron chi connectivity index (χ4n) is 9.61. The Labute approximate surface area is 208 Å². The molecule has 6 aliphatic carbocycles. The van der Waals surface area contributed by atoms with Crippen LogP contribution in [0.2, 0.25) is 23.6 Å². The second kappa shape index (κ2) is 7.23. The van der Waals surface area contributed by atoms with Gasteiger partial charge in [-0.15, -0.1) is 0 Å². The van der Waals surface area contributed by atoms with Crippen LogP contribution in [0.5, 0.6) is 0 Å². The molecule has 1 N–H and O–H groups in total. The van der Waals surface area contributed by atoms with Gasteiger partial charge in [0, 0.05) is 0 Å². The molecule has 1 unspecified atom stereocenters. The fourth-order valence-corrected chi connectivity index (χ4v) is 22.2. The standard InChI is InChI=1S/C15H17.C11H17NO.C2H6Si.2CH3.Ti/c1-10-4-11-6-13-8-15(2,3)9-14(13)7-12(11)5-10;12-10(13)11-4-7-1-8(5-11)3-9(2-7)6-11;1-3-2;;;/h4-7H,8-9H2,1-3H3;7-9H,1-6H2,(H2,12,13);1-2H3;2*1H3;/q;;;;;+1/p-1. The molecule has 2 nitrogen and oxygen atoms in total. The zero-order valence-electron chi connectivity index (χ0n) is 22.6. The van der Waals surface area contributed by atoms with Gasteiger partial charge in [0.1, 0.15) is 0 Å². The summed E-state index contributed by atoms with van der Waals surface area (Å²) in [6, 6.07) is 5.09. The maximum atomic E-state index is 14.4. The summed E-state index contributed by atoms with van der Waals surface area (Å²) in [5.41, 5.74) is 7.96. The molecule has 0 heterocycles. The number of carbonyl (C=O) groups is 1. The van der Waals surface area contributed by atoms with E-state index in [0.717, 1.165) is 17.8 Å². The van der Waals surface area contributed by atoms with Crippen molar-refractivity contribution in [1.29, 1.82) is 0 Å². The summed E-state index contributed by atoms with van der Waals surface area (Å²) < 4.78 is 4.53. The van der Waals surface area contributed by atoms with Crippen LogP contribution in [0.4, 0.5) is 0 Å². The van der Waals surface area contributed by atoms with Crippen LogP contribution in [-0.4, -0.2) is 12.1 Å². The molecule has 1 amide bonds. The van der Waals surface area contributed by atoms with Crippen LogP contribution in [0.3, 0.4) is 0 Å². The van der Waals surface area contributed by atoms with Crippen molar-refractivity contribution in [2.45, 2.75) is 99.9 Å². The summed E-state index contributed by atoms with van der Waals surface area (Å²) in [4.78, 5) is 14.4. The van der Waals surface area contributed by atoms with Crippen molar-refractivity contribution in [3.8, 4) is 0 Å². The summed E-state index contributed by atoms with van der Waals surface area (Å²) in [5, 5.41) is 5.19. The molecule has 34 heavy (non-hydrogen) atoms. The molecule has 0 saturated heterocycles. The molecule has 1 atom stereocenters. The van der Waals surface area contributed by atoms with E-state index in [9.17, 15) is 4.79 Å². The van der Waals surface area contributed by atoms with Gasteiger partial charge in [-0.1, -0.05) is 0 Å². The van der Waals surface area contributed by atoms with Gasteiger partial charge in [-0.3, -0.25) is 0 Å². The van der Waals surface area contributed by atoms with Crippen LogP contribution < -0.4 is 3.80 Å². The van der Waals surface area contributed by atoms with Crippen LogP contribution in [-0.2, 0) is 31.9 Å². The van der Waals surface area contributed by atoms with Crippen molar-refractivity contribution in [2.24, 2.45) is 28.6 Å². The third kappa shape index (κ3) is 3.39. The topological polar surface area (TPSA) is 29.1 Å². The minimum atomic E-state index is -3.46. The molecule has 0 radical (unpaired) electrons. The summed E-state index contributed by atoms with van der Waals surface area (Å²) in [6.45, 7) is 12.2. The Kier molecular flexibility index (Phi) is 5.05. The van der Waals surface area contributed by atoms with E-state index < -0.39 is 20.5 Å². The van der Waals surface area contributed by atoms with Gasteiger partial charge in [-0.2, -0.15) is 0 Å². The number of hydrogen-bond donors (Lipinski definition) is 1. The van der Waals surface area contributed by atoms with E-state index in [-0.39, 0.29) is 5.41 Å². The molecule has 6 aliphatic rings. The van der Waals surface area contributed by atoms with Crippen LogP contribution in [0.15, 0.2) is 17.7 Å². The van der Waals surface area contributed by atoms with Crippen molar-refractivity contribution in [2.75, 3.05) is 0 Å².